The first kappa shape index (κ1) is 14.1. The van der Waals surface area contributed by atoms with Gasteiger partial charge in [-0.3, -0.25) is 9.48 Å². The number of rotatable bonds is 6. The first-order valence-corrected chi connectivity index (χ1v) is 7.07. The number of nitrogens with zero attached hydrogens (tertiary/aromatic N) is 2. The molecule has 106 valence electrons. The van der Waals surface area contributed by atoms with Crippen molar-refractivity contribution in [3.63, 3.8) is 0 Å². The number of hydrogen-bond acceptors (Lipinski definition) is 4. The molecule has 0 radical (unpaired) electrons. The van der Waals surface area contributed by atoms with Crippen molar-refractivity contribution in [1.82, 2.24) is 9.78 Å². The predicted molar refractivity (Wildman–Crippen MR) is 74.0 cm³/mol. The van der Waals surface area contributed by atoms with Crippen LogP contribution in [0, 0.1) is 5.92 Å². The molecule has 2 N–H and O–H groups in total. The zero-order chi connectivity index (χ0) is 13.7. The third-order valence-electron chi connectivity index (χ3n) is 3.89. The summed E-state index contributed by atoms with van der Waals surface area (Å²) >= 11 is 0. The average molecular weight is 265 g/mol. The van der Waals surface area contributed by atoms with Crippen LogP contribution in [-0.2, 0) is 11.8 Å². The molecule has 0 aliphatic carbocycles. The van der Waals surface area contributed by atoms with E-state index in [0.29, 0.717) is 17.8 Å². The van der Waals surface area contributed by atoms with Crippen LogP contribution in [0.3, 0.4) is 0 Å². The van der Waals surface area contributed by atoms with Crippen LogP contribution in [0.4, 0.5) is 5.82 Å². The van der Waals surface area contributed by atoms with Gasteiger partial charge in [0.15, 0.2) is 5.78 Å². The van der Waals surface area contributed by atoms with E-state index in [9.17, 15) is 4.79 Å². The van der Waals surface area contributed by atoms with Crippen molar-refractivity contribution in [2.24, 2.45) is 13.0 Å². The Balaban J connectivity index is 1.68. The molecule has 1 aliphatic heterocycles. The Bertz CT molecular complexity index is 422. The predicted octanol–water partition coefficient (Wildman–Crippen LogP) is 2.17. The zero-order valence-corrected chi connectivity index (χ0v) is 11.6. The summed E-state index contributed by atoms with van der Waals surface area (Å²) in [4.78, 5) is 12.0. The minimum atomic E-state index is 0.109. The van der Waals surface area contributed by atoms with Crippen LogP contribution in [0.15, 0.2) is 6.20 Å². The molecule has 1 aromatic rings. The van der Waals surface area contributed by atoms with E-state index < -0.39 is 0 Å². The quantitative estimate of drug-likeness (QED) is 0.632. The third-order valence-corrected chi connectivity index (χ3v) is 3.89. The summed E-state index contributed by atoms with van der Waals surface area (Å²) in [6, 6.07) is 0. The van der Waals surface area contributed by atoms with E-state index in [4.69, 9.17) is 10.5 Å². The summed E-state index contributed by atoms with van der Waals surface area (Å²) in [6.45, 7) is 1.80. The Kier molecular flexibility index (Phi) is 4.96. The maximum Gasteiger partial charge on any atom is 0.168 e. The normalized spacial score (nSPS) is 16.7. The van der Waals surface area contributed by atoms with Crippen molar-refractivity contribution < 1.29 is 9.53 Å². The Morgan fingerprint density at radius 3 is 2.84 bits per heavy atom. The summed E-state index contributed by atoms with van der Waals surface area (Å²) in [6.07, 6.45) is 7.72. The summed E-state index contributed by atoms with van der Waals surface area (Å²) in [7, 11) is 1.75. The van der Waals surface area contributed by atoms with Crippen molar-refractivity contribution >= 4 is 11.6 Å². The molecule has 1 aliphatic rings. The van der Waals surface area contributed by atoms with Gasteiger partial charge in [-0.1, -0.05) is 12.8 Å². The highest BCUT2D eigenvalue weighted by Crippen LogP contribution is 2.22. The Morgan fingerprint density at radius 2 is 2.21 bits per heavy atom. The number of ketones is 1. The minimum Gasteiger partial charge on any atom is -0.383 e. The summed E-state index contributed by atoms with van der Waals surface area (Å²) in [5, 5.41) is 4.00. The Labute approximate surface area is 114 Å². The highest BCUT2D eigenvalue weighted by molar-refractivity contribution is 5.99. The van der Waals surface area contributed by atoms with E-state index in [-0.39, 0.29) is 5.78 Å². The average Bonchev–Trinajstić information content (AvgIpc) is 2.76. The van der Waals surface area contributed by atoms with Gasteiger partial charge in [-0.25, -0.2) is 0 Å². The molecular formula is C14H23N3O2. The molecule has 0 bridgehead atoms. The highest BCUT2D eigenvalue weighted by atomic mass is 16.5. The number of carbonyl (C=O) groups is 1. The zero-order valence-electron chi connectivity index (χ0n) is 11.6. The topological polar surface area (TPSA) is 70.1 Å². The molecule has 0 unspecified atom stereocenters. The molecule has 2 heterocycles. The highest BCUT2D eigenvalue weighted by Gasteiger charge is 2.15. The molecule has 1 aromatic heterocycles. The van der Waals surface area contributed by atoms with Crippen LogP contribution < -0.4 is 5.73 Å². The molecule has 0 spiro atoms. The first-order chi connectivity index (χ1) is 9.18. The van der Waals surface area contributed by atoms with Gasteiger partial charge in [0.1, 0.15) is 5.82 Å². The molecule has 0 amide bonds. The van der Waals surface area contributed by atoms with Crippen LogP contribution in [0.1, 0.15) is 48.9 Å². The van der Waals surface area contributed by atoms with Gasteiger partial charge in [-0.2, -0.15) is 5.10 Å². The monoisotopic (exact) mass is 265 g/mol. The van der Waals surface area contributed by atoms with E-state index in [2.05, 4.69) is 5.10 Å². The number of hydrogen-bond donors (Lipinski definition) is 1. The standard InChI is InChI=1S/C14H23N3O2/c1-17-14(15)12(10-16-17)13(18)5-3-2-4-11-6-8-19-9-7-11/h10-11H,2-9,15H2,1H3. The SMILES string of the molecule is Cn1ncc(C(=O)CCCCC2CCOCC2)c1N. The van der Waals surface area contributed by atoms with Crippen molar-refractivity contribution in [2.75, 3.05) is 18.9 Å². The fraction of sp³-hybridized carbons (Fsp3) is 0.714. The Hall–Kier alpha value is -1.36. The second kappa shape index (κ2) is 6.70. The van der Waals surface area contributed by atoms with Crippen molar-refractivity contribution in [3.8, 4) is 0 Å². The fourth-order valence-corrected chi connectivity index (χ4v) is 2.55. The lowest BCUT2D eigenvalue weighted by Gasteiger charge is -2.21. The number of nitrogen functional groups attached to an aromatic ring is 1. The molecule has 5 nitrogen and oxygen atoms in total. The van der Waals surface area contributed by atoms with Crippen LogP contribution in [-0.4, -0.2) is 28.8 Å². The van der Waals surface area contributed by atoms with E-state index >= 15 is 0 Å². The Morgan fingerprint density at radius 1 is 1.47 bits per heavy atom. The van der Waals surface area contributed by atoms with Gasteiger partial charge in [0.2, 0.25) is 0 Å². The van der Waals surface area contributed by atoms with Crippen LogP contribution in [0.25, 0.3) is 0 Å². The van der Waals surface area contributed by atoms with Crippen LogP contribution >= 0.6 is 0 Å². The largest absolute Gasteiger partial charge is 0.383 e. The van der Waals surface area contributed by atoms with Gasteiger partial charge < -0.3 is 10.5 Å². The lowest BCUT2D eigenvalue weighted by molar-refractivity contribution is 0.0630. The van der Waals surface area contributed by atoms with Crippen molar-refractivity contribution in [1.29, 1.82) is 0 Å². The maximum absolute atomic E-state index is 12.0. The maximum atomic E-state index is 12.0. The van der Waals surface area contributed by atoms with Gasteiger partial charge in [-0.05, 0) is 25.2 Å². The second-order valence-corrected chi connectivity index (χ2v) is 5.29. The fourth-order valence-electron chi connectivity index (χ4n) is 2.55. The lowest BCUT2D eigenvalue weighted by Crippen LogP contribution is -2.15. The summed E-state index contributed by atoms with van der Waals surface area (Å²) < 4.78 is 6.88. The molecule has 5 heteroatoms. The van der Waals surface area contributed by atoms with E-state index in [1.54, 1.807) is 13.2 Å². The van der Waals surface area contributed by atoms with Crippen molar-refractivity contribution in [3.05, 3.63) is 11.8 Å². The van der Waals surface area contributed by atoms with Gasteiger partial charge in [0.05, 0.1) is 11.8 Å². The number of carbonyl (C=O) groups excluding carboxylic acids is 1. The van der Waals surface area contributed by atoms with E-state index in [0.717, 1.165) is 32.0 Å². The molecule has 19 heavy (non-hydrogen) atoms. The number of unbranched alkanes of at least 4 members (excludes halogenated alkanes) is 1. The molecule has 1 fully saturated rings. The van der Waals surface area contributed by atoms with Crippen LogP contribution in [0.5, 0.6) is 0 Å². The minimum absolute atomic E-state index is 0.109. The van der Waals surface area contributed by atoms with E-state index in [1.165, 1.54) is 23.9 Å². The number of aromatic nitrogens is 2. The summed E-state index contributed by atoms with van der Waals surface area (Å²) in [5.74, 6) is 1.36. The number of aryl methyl sites for hydroxylation is 1. The summed E-state index contributed by atoms with van der Waals surface area (Å²) in [5.41, 5.74) is 6.35. The molecule has 1 saturated heterocycles. The van der Waals surface area contributed by atoms with Gasteiger partial charge in [-0.15, -0.1) is 0 Å². The number of ether oxygens (including phenoxy) is 1. The van der Waals surface area contributed by atoms with Crippen LogP contribution in [0.2, 0.25) is 0 Å². The number of nitrogens with two attached hydrogens (primary N) is 1. The van der Waals surface area contributed by atoms with Crippen molar-refractivity contribution in [2.45, 2.75) is 38.5 Å². The molecule has 2 rings (SSSR count). The molecular weight excluding hydrogens is 242 g/mol. The van der Waals surface area contributed by atoms with E-state index in [1.807, 2.05) is 0 Å². The second-order valence-electron chi connectivity index (χ2n) is 5.29. The van der Waals surface area contributed by atoms with Gasteiger partial charge >= 0.3 is 0 Å². The van der Waals surface area contributed by atoms with Gasteiger partial charge in [0.25, 0.3) is 0 Å². The number of anilines is 1. The third kappa shape index (κ3) is 3.80. The molecule has 0 saturated carbocycles. The lowest BCUT2D eigenvalue weighted by atomic mass is 9.93. The number of Topliss-reactive ketones (excluding diaryl/α,β-unsaturated/α-hetero) is 1. The van der Waals surface area contributed by atoms with Gasteiger partial charge in [0, 0.05) is 26.7 Å². The first-order valence-electron chi connectivity index (χ1n) is 7.07. The smallest absolute Gasteiger partial charge is 0.168 e. The molecule has 0 atom stereocenters. The molecule has 0 aromatic carbocycles.